The molecule has 0 aromatic heterocycles. The van der Waals surface area contributed by atoms with Gasteiger partial charge >= 0.3 is 0 Å². The van der Waals surface area contributed by atoms with E-state index in [0.29, 0.717) is 0 Å². The maximum atomic E-state index is 9.45. The summed E-state index contributed by atoms with van der Waals surface area (Å²) in [6, 6.07) is 0. The molecule has 0 bridgehead atoms. The van der Waals surface area contributed by atoms with Crippen molar-refractivity contribution in [3.63, 3.8) is 0 Å². The molecule has 12 heavy (non-hydrogen) atoms. The van der Waals surface area contributed by atoms with Gasteiger partial charge in [0.25, 0.3) is 0 Å². The summed E-state index contributed by atoms with van der Waals surface area (Å²) in [6.45, 7) is 2.07. The van der Waals surface area contributed by atoms with Gasteiger partial charge in [-0.05, 0) is 12.5 Å². The first-order valence-electron chi connectivity index (χ1n) is 4.32. The Bertz CT molecular complexity index is 156. The number of hydrogen-bond donors (Lipinski definition) is 1. The third-order valence-electron chi connectivity index (χ3n) is 1.96. The number of hydrogen-bond acceptors (Lipinski definition) is 3. The Morgan fingerprint density at radius 1 is 1.50 bits per heavy atom. The van der Waals surface area contributed by atoms with Crippen molar-refractivity contribution in [1.82, 2.24) is 0 Å². The van der Waals surface area contributed by atoms with Crippen LogP contribution >= 0.6 is 0 Å². The molecule has 0 fully saturated rings. The van der Waals surface area contributed by atoms with Crippen molar-refractivity contribution in [2.45, 2.75) is 38.3 Å². The van der Waals surface area contributed by atoms with Crippen LogP contribution in [0.3, 0.4) is 0 Å². The fourth-order valence-corrected chi connectivity index (χ4v) is 1.28. The van der Waals surface area contributed by atoms with Crippen LogP contribution in [0.1, 0.15) is 19.8 Å². The van der Waals surface area contributed by atoms with Gasteiger partial charge in [-0.3, -0.25) is 0 Å². The number of aliphatic hydroxyl groups excluding tert-OH is 1. The molecule has 0 radical (unpaired) electrons. The van der Waals surface area contributed by atoms with E-state index in [1.54, 1.807) is 19.3 Å². The van der Waals surface area contributed by atoms with Crippen LogP contribution in [0.25, 0.3) is 0 Å². The van der Waals surface area contributed by atoms with Crippen molar-refractivity contribution >= 4 is 0 Å². The second kappa shape index (κ2) is 4.60. The normalized spacial score (nSPS) is 35.4. The van der Waals surface area contributed by atoms with Crippen LogP contribution in [0.2, 0.25) is 0 Å². The predicted octanol–water partition coefficient (Wildman–Crippen LogP) is 1.07. The Balaban J connectivity index is 2.47. The first-order chi connectivity index (χ1) is 5.77. The second-order valence-electron chi connectivity index (χ2n) is 2.94. The Labute approximate surface area is 73.0 Å². The van der Waals surface area contributed by atoms with Crippen LogP contribution in [0.5, 0.6) is 0 Å². The molecule has 0 aliphatic carbocycles. The van der Waals surface area contributed by atoms with E-state index in [2.05, 4.69) is 6.92 Å². The summed E-state index contributed by atoms with van der Waals surface area (Å²) in [7, 11) is 1.59. The fraction of sp³-hybridized carbons (Fsp3) is 0.778. The van der Waals surface area contributed by atoms with Crippen LogP contribution in [-0.4, -0.2) is 30.7 Å². The van der Waals surface area contributed by atoms with Gasteiger partial charge in [0.1, 0.15) is 0 Å². The Hall–Kier alpha value is -0.380. The molecule has 3 nitrogen and oxygen atoms in total. The van der Waals surface area contributed by atoms with Gasteiger partial charge in [0.2, 0.25) is 0 Å². The SMILES string of the molecule is CCC[C@H]1O[C@H](OC)C=C[C@@H]1O. The first-order valence-corrected chi connectivity index (χ1v) is 4.32. The van der Waals surface area contributed by atoms with E-state index >= 15 is 0 Å². The maximum absolute atomic E-state index is 9.45. The summed E-state index contributed by atoms with van der Waals surface area (Å²) in [5.41, 5.74) is 0. The Morgan fingerprint density at radius 2 is 2.25 bits per heavy atom. The zero-order valence-electron chi connectivity index (χ0n) is 7.56. The van der Waals surface area contributed by atoms with Crippen molar-refractivity contribution in [3.8, 4) is 0 Å². The van der Waals surface area contributed by atoms with Crippen LogP contribution < -0.4 is 0 Å². The molecule has 0 spiro atoms. The minimum absolute atomic E-state index is 0.107. The smallest absolute Gasteiger partial charge is 0.177 e. The molecule has 3 heteroatoms. The van der Waals surface area contributed by atoms with Crippen molar-refractivity contribution in [2.75, 3.05) is 7.11 Å². The Kier molecular flexibility index (Phi) is 3.72. The summed E-state index contributed by atoms with van der Waals surface area (Å²) < 4.78 is 10.4. The third-order valence-corrected chi connectivity index (χ3v) is 1.96. The molecule has 1 aliphatic rings. The average Bonchev–Trinajstić information content (AvgIpc) is 2.09. The van der Waals surface area contributed by atoms with E-state index in [9.17, 15) is 5.11 Å². The zero-order chi connectivity index (χ0) is 8.97. The lowest BCUT2D eigenvalue weighted by Crippen LogP contribution is -2.35. The first kappa shape index (κ1) is 9.71. The number of ether oxygens (including phenoxy) is 2. The van der Waals surface area contributed by atoms with E-state index in [1.807, 2.05) is 0 Å². The standard InChI is InChI=1S/C9H16O3/c1-3-4-8-7(10)5-6-9(11-2)12-8/h5-10H,3-4H2,1-2H3/t7-,8+,9-/m0/s1. The molecule has 1 heterocycles. The summed E-state index contributed by atoms with van der Waals surface area (Å²) in [4.78, 5) is 0. The molecule has 0 saturated heterocycles. The van der Waals surface area contributed by atoms with Crippen LogP contribution in [0, 0.1) is 0 Å². The van der Waals surface area contributed by atoms with Crippen molar-refractivity contribution in [2.24, 2.45) is 0 Å². The van der Waals surface area contributed by atoms with E-state index in [-0.39, 0.29) is 12.4 Å². The summed E-state index contributed by atoms with van der Waals surface area (Å²) >= 11 is 0. The maximum Gasteiger partial charge on any atom is 0.177 e. The van der Waals surface area contributed by atoms with Gasteiger partial charge in [0.05, 0.1) is 12.2 Å². The molecule has 0 aromatic carbocycles. The zero-order valence-corrected chi connectivity index (χ0v) is 7.56. The topological polar surface area (TPSA) is 38.7 Å². The summed E-state index contributed by atoms with van der Waals surface area (Å²) in [5.74, 6) is 0. The monoisotopic (exact) mass is 172 g/mol. The average molecular weight is 172 g/mol. The number of rotatable bonds is 3. The molecule has 1 N–H and O–H groups in total. The highest BCUT2D eigenvalue weighted by atomic mass is 16.7. The lowest BCUT2D eigenvalue weighted by atomic mass is 10.1. The number of aliphatic hydroxyl groups is 1. The Morgan fingerprint density at radius 3 is 2.83 bits per heavy atom. The van der Waals surface area contributed by atoms with Crippen LogP contribution in [0.15, 0.2) is 12.2 Å². The van der Waals surface area contributed by atoms with Crippen molar-refractivity contribution in [3.05, 3.63) is 12.2 Å². The van der Waals surface area contributed by atoms with E-state index in [4.69, 9.17) is 9.47 Å². The van der Waals surface area contributed by atoms with Gasteiger partial charge in [0.15, 0.2) is 6.29 Å². The molecular formula is C9H16O3. The van der Waals surface area contributed by atoms with Gasteiger partial charge in [-0.1, -0.05) is 19.4 Å². The van der Waals surface area contributed by atoms with E-state index in [1.165, 1.54) is 0 Å². The molecule has 1 aliphatic heterocycles. The van der Waals surface area contributed by atoms with Crippen molar-refractivity contribution < 1.29 is 14.6 Å². The van der Waals surface area contributed by atoms with E-state index in [0.717, 1.165) is 12.8 Å². The van der Waals surface area contributed by atoms with Crippen LogP contribution in [-0.2, 0) is 9.47 Å². The second-order valence-corrected chi connectivity index (χ2v) is 2.94. The van der Waals surface area contributed by atoms with Gasteiger partial charge < -0.3 is 14.6 Å². The lowest BCUT2D eigenvalue weighted by Gasteiger charge is -2.28. The molecule has 0 aromatic rings. The fourth-order valence-electron chi connectivity index (χ4n) is 1.28. The minimum Gasteiger partial charge on any atom is -0.386 e. The van der Waals surface area contributed by atoms with Crippen molar-refractivity contribution in [1.29, 1.82) is 0 Å². The van der Waals surface area contributed by atoms with Gasteiger partial charge in [-0.2, -0.15) is 0 Å². The van der Waals surface area contributed by atoms with Gasteiger partial charge in [-0.15, -0.1) is 0 Å². The lowest BCUT2D eigenvalue weighted by molar-refractivity contribution is -0.159. The summed E-state index contributed by atoms with van der Waals surface area (Å²) in [6.07, 6.45) is 4.47. The molecule has 3 atom stereocenters. The molecule has 70 valence electrons. The number of methoxy groups -OCH3 is 1. The molecule has 1 rings (SSSR count). The highest BCUT2D eigenvalue weighted by Crippen LogP contribution is 2.17. The molecular weight excluding hydrogens is 156 g/mol. The summed E-state index contributed by atoms with van der Waals surface area (Å²) in [5, 5.41) is 9.45. The van der Waals surface area contributed by atoms with Crippen LogP contribution in [0.4, 0.5) is 0 Å². The molecule has 0 amide bonds. The molecule has 0 unspecified atom stereocenters. The third kappa shape index (κ3) is 2.30. The highest BCUT2D eigenvalue weighted by molar-refractivity contribution is 4.99. The minimum atomic E-state index is -0.476. The van der Waals surface area contributed by atoms with Gasteiger partial charge in [0, 0.05) is 7.11 Å². The largest absolute Gasteiger partial charge is 0.386 e. The van der Waals surface area contributed by atoms with Gasteiger partial charge in [-0.25, -0.2) is 0 Å². The van der Waals surface area contributed by atoms with E-state index < -0.39 is 6.10 Å². The molecule has 0 saturated carbocycles. The quantitative estimate of drug-likeness (QED) is 0.647. The highest BCUT2D eigenvalue weighted by Gasteiger charge is 2.24. The predicted molar refractivity (Wildman–Crippen MR) is 45.7 cm³/mol.